The van der Waals surface area contributed by atoms with Gasteiger partial charge in [-0.15, -0.1) is 0 Å². The molecule has 1 aliphatic heterocycles. The van der Waals surface area contributed by atoms with Crippen LogP contribution in [0.3, 0.4) is 0 Å². The molecule has 1 saturated heterocycles. The van der Waals surface area contributed by atoms with Gasteiger partial charge in [-0.25, -0.2) is 0 Å². The Kier molecular flexibility index (Phi) is 2.93. The fourth-order valence-corrected chi connectivity index (χ4v) is 2.37. The van der Waals surface area contributed by atoms with Gasteiger partial charge in [-0.05, 0) is 31.6 Å². The van der Waals surface area contributed by atoms with Crippen molar-refractivity contribution in [1.82, 2.24) is 15.0 Å². The van der Waals surface area contributed by atoms with Gasteiger partial charge in [0, 0.05) is 26.7 Å². The molecule has 0 amide bonds. The molecular formula is C12H20N6. The van der Waals surface area contributed by atoms with Crippen LogP contribution in [-0.2, 0) is 0 Å². The molecule has 2 N–H and O–H groups in total. The standard InChI is InChI=1S/C12H20N6/c1-17(8-9-4-5-9)11-14-10(13)15-12(16-11)18-6-2-3-7-18/h9H,2-8H2,1H3,(H2,13,14,15,16). The normalized spacial score (nSPS) is 19.3. The van der Waals surface area contributed by atoms with Crippen molar-refractivity contribution >= 4 is 17.8 Å². The van der Waals surface area contributed by atoms with Crippen LogP contribution in [0.25, 0.3) is 0 Å². The van der Waals surface area contributed by atoms with E-state index in [4.69, 9.17) is 5.73 Å². The average molecular weight is 248 g/mol. The Hall–Kier alpha value is -1.59. The third-order valence-electron chi connectivity index (χ3n) is 3.59. The van der Waals surface area contributed by atoms with E-state index >= 15 is 0 Å². The summed E-state index contributed by atoms with van der Waals surface area (Å²) in [7, 11) is 2.03. The molecule has 1 aliphatic carbocycles. The molecule has 0 unspecified atom stereocenters. The van der Waals surface area contributed by atoms with Gasteiger partial charge in [0.2, 0.25) is 17.8 Å². The topological polar surface area (TPSA) is 71.2 Å². The van der Waals surface area contributed by atoms with E-state index in [-0.39, 0.29) is 0 Å². The van der Waals surface area contributed by atoms with Gasteiger partial charge in [0.1, 0.15) is 0 Å². The lowest BCUT2D eigenvalue weighted by molar-refractivity contribution is 0.756. The molecular weight excluding hydrogens is 228 g/mol. The summed E-state index contributed by atoms with van der Waals surface area (Å²) in [6.07, 6.45) is 5.06. The van der Waals surface area contributed by atoms with Crippen LogP contribution >= 0.6 is 0 Å². The Balaban J connectivity index is 1.79. The van der Waals surface area contributed by atoms with Gasteiger partial charge in [-0.1, -0.05) is 0 Å². The van der Waals surface area contributed by atoms with Crippen molar-refractivity contribution in [3.63, 3.8) is 0 Å². The van der Waals surface area contributed by atoms with Crippen molar-refractivity contribution in [1.29, 1.82) is 0 Å². The molecule has 98 valence electrons. The summed E-state index contributed by atoms with van der Waals surface area (Å²) in [6, 6.07) is 0. The maximum Gasteiger partial charge on any atom is 0.231 e. The Bertz CT molecular complexity index is 425. The summed E-state index contributed by atoms with van der Waals surface area (Å²) in [4.78, 5) is 17.3. The van der Waals surface area contributed by atoms with Gasteiger partial charge in [0.15, 0.2) is 0 Å². The lowest BCUT2D eigenvalue weighted by Crippen LogP contribution is -2.26. The van der Waals surface area contributed by atoms with Crippen LogP contribution in [0.1, 0.15) is 25.7 Å². The molecule has 0 atom stereocenters. The van der Waals surface area contributed by atoms with E-state index in [1.165, 1.54) is 25.7 Å². The fourth-order valence-electron chi connectivity index (χ4n) is 2.37. The Morgan fingerprint density at radius 2 is 1.94 bits per heavy atom. The highest BCUT2D eigenvalue weighted by atomic mass is 15.3. The molecule has 2 fully saturated rings. The highest BCUT2D eigenvalue weighted by molar-refractivity contribution is 5.43. The van der Waals surface area contributed by atoms with Crippen LogP contribution in [0.5, 0.6) is 0 Å². The first-order valence-corrected chi connectivity index (χ1v) is 6.70. The summed E-state index contributed by atoms with van der Waals surface area (Å²) in [5.74, 6) is 2.57. The molecule has 2 heterocycles. The highest BCUT2D eigenvalue weighted by Gasteiger charge is 2.25. The molecule has 0 radical (unpaired) electrons. The van der Waals surface area contributed by atoms with E-state index in [1.54, 1.807) is 0 Å². The molecule has 1 aromatic heterocycles. The van der Waals surface area contributed by atoms with E-state index in [9.17, 15) is 0 Å². The Morgan fingerprint density at radius 3 is 2.61 bits per heavy atom. The van der Waals surface area contributed by atoms with Crippen molar-refractivity contribution in [3.8, 4) is 0 Å². The van der Waals surface area contributed by atoms with Crippen LogP contribution in [0, 0.1) is 5.92 Å². The fraction of sp³-hybridized carbons (Fsp3) is 0.750. The number of nitrogens with zero attached hydrogens (tertiary/aromatic N) is 5. The van der Waals surface area contributed by atoms with Crippen LogP contribution in [-0.4, -0.2) is 41.6 Å². The van der Waals surface area contributed by atoms with Gasteiger partial charge < -0.3 is 15.5 Å². The minimum absolute atomic E-state index is 0.324. The third kappa shape index (κ3) is 2.47. The second kappa shape index (κ2) is 4.59. The molecule has 6 heteroatoms. The van der Waals surface area contributed by atoms with Gasteiger partial charge in [0.25, 0.3) is 0 Å². The van der Waals surface area contributed by atoms with E-state index < -0.39 is 0 Å². The van der Waals surface area contributed by atoms with E-state index in [0.717, 1.165) is 31.5 Å². The van der Waals surface area contributed by atoms with Crippen molar-refractivity contribution in [2.75, 3.05) is 42.2 Å². The largest absolute Gasteiger partial charge is 0.368 e. The van der Waals surface area contributed by atoms with Crippen molar-refractivity contribution in [3.05, 3.63) is 0 Å². The minimum atomic E-state index is 0.324. The number of anilines is 3. The predicted octanol–water partition coefficient (Wildman–Crippen LogP) is 0.900. The first-order chi connectivity index (χ1) is 8.72. The maximum atomic E-state index is 5.80. The number of hydrogen-bond acceptors (Lipinski definition) is 6. The average Bonchev–Trinajstić information content (AvgIpc) is 2.99. The smallest absolute Gasteiger partial charge is 0.231 e. The van der Waals surface area contributed by atoms with E-state index in [2.05, 4.69) is 24.8 Å². The molecule has 1 aromatic rings. The zero-order valence-electron chi connectivity index (χ0n) is 10.8. The number of aromatic nitrogens is 3. The molecule has 1 saturated carbocycles. The third-order valence-corrected chi connectivity index (χ3v) is 3.59. The lowest BCUT2D eigenvalue weighted by Gasteiger charge is -2.20. The van der Waals surface area contributed by atoms with Crippen LogP contribution in [0.15, 0.2) is 0 Å². The molecule has 2 aliphatic rings. The molecule has 0 aromatic carbocycles. The van der Waals surface area contributed by atoms with Crippen LogP contribution in [0.2, 0.25) is 0 Å². The van der Waals surface area contributed by atoms with Crippen molar-refractivity contribution in [2.45, 2.75) is 25.7 Å². The number of nitrogens with two attached hydrogens (primary N) is 1. The number of hydrogen-bond donors (Lipinski definition) is 1. The highest BCUT2D eigenvalue weighted by Crippen LogP contribution is 2.30. The van der Waals surface area contributed by atoms with E-state index in [1.807, 2.05) is 7.05 Å². The number of nitrogen functional groups attached to an aromatic ring is 1. The molecule has 3 rings (SSSR count). The van der Waals surface area contributed by atoms with Gasteiger partial charge in [-0.2, -0.15) is 15.0 Å². The first kappa shape index (κ1) is 11.5. The van der Waals surface area contributed by atoms with Gasteiger partial charge in [0.05, 0.1) is 0 Å². The quantitative estimate of drug-likeness (QED) is 0.853. The summed E-state index contributed by atoms with van der Waals surface area (Å²) < 4.78 is 0. The van der Waals surface area contributed by atoms with Gasteiger partial charge >= 0.3 is 0 Å². The van der Waals surface area contributed by atoms with Gasteiger partial charge in [-0.3, -0.25) is 0 Å². The summed E-state index contributed by atoms with van der Waals surface area (Å²) in [5.41, 5.74) is 5.80. The molecule has 18 heavy (non-hydrogen) atoms. The lowest BCUT2D eigenvalue weighted by atomic mass is 10.4. The van der Waals surface area contributed by atoms with Crippen molar-refractivity contribution in [2.24, 2.45) is 5.92 Å². The number of rotatable bonds is 4. The van der Waals surface area contributed by atoms with Crippen LogP contribution < -0.4 is 15.5 Å². The minimum Gasteiger partial charge on any atom is -0.368 e. The first-order valence-electron chi connectivity index (χ1n) is 6.70. The summed E-state index contributed by atoms with van der Waals surface area (Å²) >= 11 is 0. The Morgan fingerprint density at radius 1 is 1.22 bits per heavy atom. The maximum absolute atomic E-state index is 5.80. The second-order valence-corrected chi connectivity index (χ2v) is 5.31. The van der Waals surface area contributed by atoms with Crippen molar-refractivity contribution < 1.29 is 0 Å². The molecule has 0 bridgehead atoms. The molecule has 6 nitrogen and oxygen atoms in total. The predicted molar refractivity (Wildman–Crippen MR) is 71.7 cm³/mol. The van der Waals surface area contributed by atoms with E-state index in [0.29, 0.717) is 11.9 Å². The SMILES string of the molecule is CN(CC1CC1)c1nc(N)nc(N2CCCC2)n1. The monoisotopic (exact) mass is 248 g/mol. The zero-order chi connectivity index (χ0) is 12.5. The Labute approximate surface area is 107 Å². The molecule has 0 spiro atoms. The van der Waals surface area contributed by atoms with Crippen LogP contribution in [0.4, 0.5) is 17.8 Å². The summed E-state index contributed by atoms with van der Waals surface area (Å²) in [6.45, 7) is 3.06. The zero-order valence-corrected chi connectivity index (χ0v) is 10.8. The second-order valence-electron chi connectivity index (χ2n) is 5.31. The summed E-state index contributed by atoms with van der Waals surface area (Å²) in [5, 5.41) is 0.